The van der Waals surface area contributed by atoms with Crippen LogP contribution in [0.4, 0.5) is 13.2 Å². The zero-order valence-corrected chi connectivity index (χ0v) is 15.8. The molecule has 0 saturated carbocycles. The smallest absolute Gasteiger partial charge is 0.391 e. The molecule has 0 spiro atoms. The summed E-state index contributed by atoms with van der Waals surface area (Å²) in [5, 5.41) is 9.65. The van der Waals surface area contributed by atoms with E-state index in [9.17, 15) is 18.0 Å². The Bertz CT molecular complexity index is 876. The number of amides is 1. The molecule has 1 aromatic carbocycles. The van der Waals surface area contributed by atoms with E-state index in [1.165, 1.54) is 30.3 Å². The van der Waals surface area contributed by atoms with Crippen LogP contribution in [0.25, 0.3) is 11.4 Å². The van der Waals surface area contributed by atoms with Gasteiger partial charge in [0.05, 0.1) is 12.3 Å². The standard InChI is InChI=1S/C16H13Cl2F3N4O3/c1-9(24-27-7-6-12(17)18)8-22-14(26)11-4-2-10(3-5-11)13-23-15(28-25-13)16(19,20)21/h2-6H,7-8H2,1H3,(H,22,26). The van der Waals surface area contributed by atoms with Gasteiger partial charge in [-0.05, 0) is 25.1 Å². The van der Waals surface area contributed by atoms with Crippen molar-refractivity contribution in [3.63, 3.8) is 0 Å². The number of nitrogens with one attached hydrogen (secondary N) is 1. The highest BCUT2D eigenvalue weighted by atomic mass is 35.5. The van der Waals surface area contributed by atoms with Gasteiger partial charge in [-0.15, -0.1) is 0 Å². The van der Waals surface area contributed by atoms with E-state index in [2.05, 4.69) is 25.1 Å². The Balaban J connectivity index is 1.92. The van der Waals surface area contributed by atoms with Gasteiger partial charge in [-0.3, -0.25) is 4.79 Å². The van der Waals surface area contributed by atoms with Crippen molar-refractivity contribution in [1.82, 2.24) is 15.5 Å². The molecule has 0 fully saturated rings. The number of carbonyl (C=O) groups is 1. The van der Waals surface area contributed by atoms with Gasteiger partial charge in [-0.2, -0.15) is 18.2 Å². The van der Waals surface area contributed by atoms with Crippen LogP contribution in [0.3, 0.4) is 0 Å². The first-order valence-corrected chi connectivity index (χ1v) is 8.38. The van der Waals surface area contributed by atoms with Crippen LogP contribution in [0.2, 0.25) is 0 Å². The summed E-state index contributed by atoms with van der Waals surface area (Å²) in [7, 11) is 0. The molecule has 0 bridgehead atoms. The molecule has 1 amide bonds. The lowest BCUT2D eigenvalue weighted by atomic mass is 10.1. The minimum atomic E-state index is -4.72. The van der Waals surface area contributed by atoms with Gasteiger partial charge < -0.3 is 14.7 Å². The number of alkyl halides is 3. The second-order valence-electron chi connectivity index (χ2n) is 5.30. The summed E-state index contributed by atoms with van der Waals surface area (Å²) in [5.41, 5.74) is 1.05. The lowest BCUT2D eigenvalue weighted by Crippen LogP contribution is -2.28. The first-order chi connectivity index (χ1) is 13.2. The van der Waals surface area contributed by atoms with E-state index in [0.717, 1.165) is 0 Å². The molecule has 2 rings (SSSR count). The first-order valence-electron chi connectivity index (χ1n) is 7.63. The Morgan fingerprint density at radius 1 is 1.32 bits per heavy atom. The molecule has 1 aromatic heterocycles. The highest BCUT2D eigenvalue weighted by Crippen LogP contribution is 2.29. The van der Waals surface area contributed by atoms with Gasteiger partial charge in [0.25, 0.3) is 5.91 Å². The Morgan fingerprint density at radius 3 is 2.57 bits per heavy atom. The minimum Gasteiger partial charge on any atom is -0.391 e. The number of benzene rings is 1. The number of halogens is 5. The molecular weight excluding hydrogens is 424 g/mol. The Kier molecular flexibility index (Phi) is 7.41. The van der Waals surface area contributed by atoms with Crippen LogP contribution in [0.15, 0.2) is 44.5 Å². The summed E-state index contributed by atoms with van der Waals surface area (Å²) < 4.78 is 41.7. The van der Waals surface area contributed by atoms with E-state index in [4.69, 9.17) is 28.0 Å². The van der Waals surface area contributed by atoms with Crippen molar-refractivity contribution in [3.05, 3.63) is 46.3 Å². The van der Waals surface area contributed by atoms with Crippen molar-refractivity contribution < 1.29 is 27.3 Å². The zero-order chi connectivity index (χ0) is 20.7. The monoisotopic (exact) mass is 436 g/mol. The molecule has 0 unspecified atom stereocenters. The van der Waals surface area contributed by atoms with E-state index in [1.807, 2.05) is 0 Å². The number of oxime groups is 1. The molecule has 0 radical (unpaired) electrons. The van der Waals surface area contributed by atoms with Crippen molar-refractivity contribution in [2.75, 3.05) is 13.2 Å². The Morgan fingerprint density at radius 2 is 2.00 bits per heavy atom. The summed E-state index contributed by atoms with van der Waals surface area (Å²) in [4.78, 5) is 20.3. The number of rotatable bonds is 7. The van der Waals surface area contributed by atoms with Crippen LogP contribution in [0.1, 0.15) is 23.2 Å². The lowest BCUT2D eigenvalue weighted by Gasteiger charge is -2.05. The predicted octanol–water partition coefficient (Wildman–Crippen LogP) is 4.20. The molecule has 28 heavy (non-hydrogen) atoms. The molecule has 150 valence electrons. The molecule has 2 aromatic rings. The molecule has 0 aliphatic heterocycles. The average molecular weight is 437 g/mol. The number of aromatic nitrogens is 2. The van der Waals surface area contributed by atoms with E-state index in [0.29, 0.717) is 5.71 Å². The van der Waals surface area contributed by atoms with Gasteiger partial charge in [0.2, 0.25) is 5.82 Å². The van der Waals surface area contributed by atoms with Gasteiger partial charge >= 0.3 is 12.1 Å². The third-order valence-corrected chi connectivity index (χ3v) is 3.42. The van der Waals surface area contributed by atoms with Gasteiger partial charge in [-0.25, -0.2) is 0 Å². The summed E-state index contributed by atoms with van der Waals surface area (Å²) in [6.07, 6.45) is -3.32. The molecule has 0 aliphatic carbocycles. The maximum absolute atomic E-state index is 12.5. The lowest BCUT2D eigenvalue weighted by molar-refractivity contribution is -0.159. The average Bonchev–Trinajstić information content (AvgIpc) is 3.14. The van der Waals surface area contributed by atoms with Crippen LogP contribution in [-0.2, 0) is 11.0 Å². The second kappa shape index (κ2) is 9.56. The van der Waals surface area contributed by atoms with Gasteiger partial charge in [0, 0.05) is 11.1 Å². The fourth-order valence-electron chi connectivity index (χ4n) is 1.82. The number of hydrogen-bond donors (Lipinski definition) is 1. The van der Waals surface area contributed by atoms with Crippen LogP contribution >= 0.6 is 23.2 Å². The molecule has 1 heterocycles. The number of nitrogens with zero attached hydrogens (tertiary/aromatic N) is 3. The Hall–Kier alpha value is -2.59. The summed E-state index contributed by atoms with van der Waals surface area (Å²) >= 11 is 10.8. The summed E-state index contributed by atoms with van der Waals surface area (Å²) in [6.45, 7) is 1.85. The van der Waals surface area contributed by atoms with Crippen molar-refractivity contribution >= 4 is 34.8 Å². The van der Waals surface area contributed by atoms with Crippen molar-refractivity contribution in [2.45, 2.75) is 13.1 Å². The predicted molar refractivity (Wildman–Crippen MR) is 95.9 cm³/mol. The molecular formula is C16H13Cl2F3N4O3. The maximum Gasteiger partial charge on any atom is 0.471 e. The van der Waals surface area contributed by atoms with E-state index in [1.54, 1.807) is 6.92 Å². The van der Waals surface area contributed by atoms with Crippen LogP contribution in [-0.4, -0.2) is 34.9 Å². The maximum atomic E-state index is 12.5. The number of hydrogen-bond acceptors (Lipinski definition) is 6. The van der Waals surface area contributed by atoms with Crippen LogP contribution < -0.4 is 5.32 Å². The fourth-order valence-corrected chi connectivity index (χ4v) is 1.94. The van der Waals surface area contributed by atoms with E-state index < -0.39 is 18.0 Å². The van der Waals surface area contributed by atoms with Gasteiger partial charge in [-0.1, -0.05) is 45.6 Å². The van der Waals surface area contributed by atoms with E-state index in [-0.39, 0.29) is 34.6 Å². The third-order valence-electron chi connectivity index (χ3n) is 3.11. The molecule has 7 nitrogen and oxygen atoms in total. The number of carbonyl (C=O) groups excluding carboxylic acids is 1. The molecule has 12 heteroatoms. The largest absolute Gasteiger partial charge is 0.471 e. The Labute approximate surface area is 167 Å². The molecule has 0 aliphatic rings. The van der Waals surface area contributed by atoms with Crippen molar-refractivity contribution in [3.8, 4) is 11.4 Å². The minimum absolute atomic E-state index is 0.0556. The van der Waals surface area contributed by atoms with Gasteiger partial charge in [0.15, 0.2) is 0 Å². The summed E-state index contributed by atoms with van der Waals surface area (Å²) in [5.74, 6) is -2.08. The quantitative estimate of drug-likeness (QED) is 0.399. The van der Waals surface area contributed by atoms with Crippen LogP contribution in [0, 0.1) is 0 Å². The normalized spacial score (nSPS) is 11.9. The van der Waals surface area contributed by atoms with Crippen molar-refractivity contribution in [1.29, 1.82) is 0 Å². The van der Waals surface area contributed by atoms with Gasteiger partial charge in [0.1, 0.15) is 11.1 Å². The van der Waals surface area contributed by atoms with E-state index >= 15 is 0 Å². The SMILES string of the molecule is CC(CNC(=O)c1ccc(-c2noc(C(F)(F)F)n2)cc1)=NOCC=C(Cl)Cl. The topological polar surface area (TPSA) is 89.6 Å². The highest BCUT2D eigenvalue weighted by Gasteiger charge is 2.38. The summed E-state index contributed by atoms with van der Waals surface area (Å²) in [6, 6.07) is 5.66. The van der Waals surface area contributed by atoms with Crippen molar-refractivity contribution in [2.24, 2.45) is 5.16 Å². The zero-order valence-electron chi connectivity index (χ0n) is 14.3. The highest BCUT2D eigenvalue weighted by molar-refractivity contribution is 6.55. The fraction of sp³-hybridized carbons (Fsp3) is 0.250. The molecule has 1 N–H and O–H groups in total. The molecule has 0 saturated heterocycles. The first kappa shape index (κ1) is 21.7. The van der Waals surface area contributed by atoms with Crippen LogP contribution in [0.5, 0.6) is 0 Å². The second-order valence-corrected chi connectivity index (χ2v) is 6.30. The molecule has 0 atom stereocenters. The third kappa shape index (κ3) is 6.54.